The fourth-order valence-corrected chi connectivity index (χ4v) is 3.49. The maximum Gasteiger partial charge on any atom is 0.223 e. The first-order valence-electron chi connectivity index (χ1n) is 8.99. The first-order valence-corrected chi connectivity index (χ1v) is 8.99. The van der Waals surface area contributed by atoms with Gasteiger partial charge in [-0.25, -0.2) is 0 Å². The van der Waals surface area contributed by atoms with Crippen LogP contribution in [0.3, 0.4) is 0 Å². The van der Waals surface area contributed by atoms with E-state index in [9.17, 15) is 4.79 Å². The lowest BCUT2D eigenvalue weighted by Crippen LogP contribution is -2.40. The largest absolute Gasteiger partial charge is 0.356 e. The molecule has 0 spiro atoms. The lowest BCUT2D eigenvalue weighted by molar-refractivity contribution is -0.125. The van der Waals surface area contributed by atoms with Gasteiger partial charge >= 0.3 is 0 Å². The van der Waals surface area contributed by atoms with Gasteiger partial charge < -0.3 is 10.6 Å². The van der Waals surface area contributed by atoms with Gasteiger partial charge in [0.15, 0.2) is 0 Å². The van der Waals surface area contributed by atoms with E-state index in [1.54, 1.807) is 0 Å². The van der Waals surface area contributed by atoms with E-state index in [-0.39, 0.29) is 11.8 Å². The number of rotatable bonds is 6. The van der Waals surface area contributed by atoms with E-state index >= 15 is 0 Å². The van der Waals surface area contributed by atoms with E-state index in [0.717, 1.165) is 51.4 Å². The second-order valence-corrected chi connectivity index (χ2v) is 7.15. The second kappa shape index (κ2) is 9.31. The van der Waals surface area contributed by atoms with E-state index in [1.165, 1.54) is 31.5 Å². The van der Waals surface area contributed by atoms with Gasteiger partial charge in [-0.15, -0.1) is 0 Å². The van der Waals surface area contributed by atoms with Crippen LogP contribution in [0.2, 0.25) is 0 Å². The number of allylic oxidation sites excluding steroid dienone is 1. The monoisotopic (exact) mass is 307 g/mol. The van der Waals surface area contributed by atoms with Gasteiger partial charge in [0.25, 0.3) is 0 Å². The average Bonchev–Trinajstić information content (AvgIpc) is 2.54. The van der Waals surface area contributed by atoms with Crippen LogP contribution in [0.4, 0.5) is 0 Å². The molecule has 0 saturated carbocycles. The highest BCUT2D eigenvalue weighted by molar-refractivity contribution is 5.78. The van der Waals surface area contributed by atoms with Crippen molar-refractivity contribution in [1.82, 2.24) is 15.5 Å². The zero-order valence-electron chi connectivity index (χ0n) is 14.4. The molecule has 0 aliphatic carbocycles. The van der Waals surface area contributed by atoms with Crippen LogP contribution in [0, 0.1) is 11.8 Å². The van der Waals surface area contributed by atoms with Gasteiger partial charge in [-0.2, -0.15) is 0 Å². The summed E-state index contributed by atoms with van der Waals surface area (Å²) < 4.78 is 0. The summed E-state index contributed by atoms with van der Waals surface area (Å²) in [5.41, 5.74) is 1.40. The molecule has 2 rings (SSSR count). The number of hydrogen-bond donors (Lipinski definition) is 2. The highest BCUT2D eigenvalue weighted by Crippen LogP contribution is 2.19. The number of carbonyl (C=O) groups is 1. The molecule has 2 heterocycles. The summed E-state index contributed by atoms with van der Waals surface area (Å²) in [5, 5.41) is 6.48. The number of likely N-dealkylation sites (tertiary alicyclic amines) is 1. The third-order valence-electron chi connectivity index (χ3n) is 4.92. The van der Waals surface area contributed by atoms with Gasteiger partial charge in [-0.1, -0.05) is 11.6 Å². The zero-order valence-corrected chi connectivity index (χ0v) is 14.4. The Hall–Kier alpha value is -0.870. The molecule has 2 saturated heterocycles. The second-order valence-electron chi connectivity index (χ2n) is 7.15. The van der Waals surface area contributed by atoms with E-state index in [1.807, 2.05) is 0 Å². The van der Waals surface area contributed by atoms with Crippen LogP contribution < -0.4 is 10.6 Å². The quantitative estimate of drug-likeness (QED) is 0.739. The molecule has 1 amide bonds. The Labute approximate surface area is 135 Å². The van der Waals surface area contributed by atoms with E-state index in [2.05, 4.69) is 35.5 Å². The summed E-state index contributed by atoms with van der Waals surface area (Å²) in [7, 11) is 0. The van der Waals surface area contributed by atoms with Crippen LogP contribution in [0.15, 0.2) is 11.6 Å². The van der Waals surface area contributed by atoms with Crippen LogP contribution in [-0.2, 0) is 4.79 Å². The maximum absolute atomic E-state index is 12.1. The van der Waals surface area contributed by atoms with Crippen LogP contribution >= 0.6 is 0 Å². The molecule has 4 nitrogen and oxygen atoms in total. The highest BCUT2D eigenvalue weighted by Gasteiger charge is 2.22. The van der Waals surface area contributed by atoms with Gasteiger partial charge in [0.1, 0.15) is 0 Å². The molecule has 126 valence electrons. The molecule has 0 unspecified atom stereocenters. The molecule has 2 fully saturated rings. The van der Waals surface area contributed by atoms with Gasteiger partial charge in [0.2, 0.25) is 5.91 Å². The summed E-state index contributed by atoms with van der Waals surface area (Å²) in [6.07, 6.45) is 8.04. The number of nitrogens with zero attached hydrogens (tertiary/aromatic N) is 1. The Balaban J connectivity index is 1.63. The molecule has 0 aromatic carbocycles. The molecule has 0 aromatic rings. The molecule has 0 radical (unpaired) electrons. The predicted molar refractivity (Wildman–Crippen MR) is 91.8 cm³/mol. The SMILES string of the molecule is CC(C)=CCN1CCC[C@@H](CCNC(=O)C2CCNCC2)C1. The average molecular weight is 307 g/mol. The van der Waals surface area contributed by atoms with Crippen LogP contribution in [-0.4, -0.2) is 50.1 Å². The lowest BCUT2D eigenvalue weighted by Gasteiger charge is -2.32. The van der Waals surface area contributed by atoms with Crippen molar-refractivity contribution in [3.05, 3.63) is 11.6 Å². The van der Waals surface area contributed by atoms with Crippen molar-refractivity contribution in [3.8, 4) is 0 Å². The van der Waals surface area contributed by atoms with E-state index in [0.29, 0.717) is 0 Å². The fourth-order valence-electron chi connectivity index (χ4n) is 3.49. The molecule has 22 heavy (non-hydrogen) atoms. The van der Waals surface area contributed by atoms with Crippen LogP contribution in [0.5, 0.6) is 0 Å². The highest BCUT2D eigenvalue weighted by atomic mass is 16.1. The van der Waals surface area contributed by atoms with Gasteiger partial charge in [0.05, 0.1) is 0 Å². The minimum Gasteiger partial charge on any atom is -0.356 e. The van der Waals surface area contributed by atoms with Gasteiger partial charge in [-0.3, -0.25) is 9.69 Å². The van der Waals surface area contributed by atoms with Crippen molar-refractivity contribution in [2.45, 2.75) is 46.0 Å². The van der Waals surface area contributed by atoms with Crippen LogP contribution in [0.25, 0.3) is 0 Å². The molecule has 2 N–H and O–H groups in total. The van der Waals surface area contributed by atoms with Crippen molar-refractivity contribution >= 4 is 5.91 Å². The van der Waals surface area contributed by atoms with Gasteiger partial charge in [0, 0.05) is 25.6 Å². The first-order chi connectivity index (χ1) is 10.6. The minimum atomic E-state index is 0.238. The van der Waals surface area contributed by atoms with Gasteiger partial charge in [-0.05, 0) is 71.5 Å². The van der Waals surface area contributed by atoms with E-state index in [4.69, 9.17) is 0 Å². The summed E-state index contributed by atoms with van der Waals surface area (Å²) in [4.78, 5) is 14.7. The Morgan fingerprint density at radius 2 is 2.05 bits per heavy atom. The summed E-state index contributed by atoms with van der Waals surface area (Å²) in [5.74, 6) is 1.26. The maximum atomic E-state index is 12.1. The molecule has 2 aliphatic heterocycles. The molecule has 4 heteroatoms. The van der Waals surface area contributed by atoms with Crippen molar-refractivity contribution < 1.29 is 4.79 Å². The summed E-state index contributed by atoms with van der Waals surface area (Å²) >= 11 is 0. The predicted octanol–water partition coefficient (Wildman–Crippen LogP) is 2.17. The Bertz CT molecular complexity index is 371. The Morgan fingerprint density at radius 3 is 2.77 bits per heavy atom. The zero-order chi connectivity index (χ0) is 15.8. The molecule has 0 bridgehead atoms. The normalized spacial score (nSPS) is 24.0. The van der Waals surface area contributed by atoms with Crippen LogP contribution in [0.1, 0.15) is 46.0 Å². The number of hydrogen-bond acceptors (Lipinski definition) is 3. The number of carbonyl (C=O) groups excluding carboxylic acids is 1. The molecule has 1 atom stereocenters. The first kappa shape index (κ1) is 17.5. The Morgan fingerprint density at radius 1 is 1.27 bits per heavy atom. The molecular weight excluding hydrogens is 274 g/mol. The Kier molecular flexibility index (Phi) is 7.40. The minimum absolute atomic E-state index is 0.238. The number of nitrogens with one attached hydrogen (secondary N) is 2. The number of amides is 1. The standard InChI is InChI=1S/C18H33N3O/c1-15(2)8-13-21-12-3-4-16(14-21)5-11-20-18(22)17-6-9-19-10-7-17/h8,16-17,19H,3-7,9-14H2,1-2H3,(H,20,22)/t16-/m0/s1. The smallest absolute Gasteiger partial charge is 0.223 e. The number of piperidine rings is 2. The van der Waals surface area contributed by atoms with E-state index < -0.39 is 0 Å². The summed E-state index contributed by atoms with van der Waals surface area (Å²) in [6, 6.07) is 0. The molecule has 0 aromatic heterocycles. The third-order valence-corrected chi connectivity index (χ3v) is 4.92. The van der Waals surface area contributed by atoms with Crippen molar-refractivity contribution in [2.75, 3.05) is 39.3 Å². The van der Waals surface area contributed by atoms with Crippen molar-refractivity contribution in [2.24, 2.45) is 11.8 Å². The van der Waals surface area contributed by atoms with Crippen molar-refractivity contribution in [1.29, 1.82) is 0 Å². The third kappa shape index (κ3) is 6.09. The molecular formula is C18H33N3O. The summed E-state index contributed by atoms with van der Waals surface area (Å²) in [6.45, 7) is 10.6. The topological polar surface area (TPSA) is 44.4 Å². The van der Waals surface area contributed by atoms with Crippen molar-refractivity contribution in [3.63, 3.8) is 0 Å². The lowest BCUT2D eigenvalue weighted by atomic mass is 9.94. The molecule has 2 aliphatic rings. The fraction of sp³-hybridized carbons (Fsp3) is 0.833.